The molecule has 0 spiro atoms. The normalized spacial score (nSPS) is 17.3. The third-order valence-electron chi connectivity index (χ3n) is 7.44. The van der Waals surface area contributed by atoms with Gasteiger partial charge in [-0.3, -0.25) is 9.78 Å². The predicted octanol–water partition coefficient (Wildman–Crippen LogP) is 7.98. The third kappa shape index (κ3) is 6.71. The van der Waals surface area contributed by atoms with E-state index in [1.807, 2.05) is 0 Å². The molecule has 224 valence electrons. The molecule has 4 rings (SSSR count). The number of hydrogen-bond donors (Lipinski definition) is 1. The molecule has 0 unspecified atom stereocenters. The molecule has 3 aromatic rings. The number of benzene rings is 1. The topological polar surface area (TPSA) is 92.6 Å². The van der Waals surface area contributed by atoms with Crippen LogP contribution in [0.1, 0.15) is 73.8 Å². The van der Waals surface area contributed by atoms with Crippen LogP contribution in [-0.4, -0.2) is 33.0 Å². The monoisotopic (exact) mass is 587 g/mol. The quantitative estimate of drug-likeness (QED) is 0.282. The fourth-order valence-corrected chi connectivity index (χ4v) is 5.35. The van der Waals surface area contributed by atoms with Gasteiger partial charge in [0.2, 0.25) is 11.8 Å². The number of hydrogen-bond acceptors (Lipinski definition) is 5. The average molecular weight is 588 g/mol. The number of carbonyl (C=O) groups excluding carboxylic acids is 1. The molecule has 0 radical (unpaired) electrons. The van der Waals surface area contributed by atoms with E-state index >= 15 is 4.39 Å². The molecule has 2 heterocycles. The summed E-state index contributed by atoms with van der Waals surface area (Å²) in [5.41, 5.74) is -0.117. The maximum atomic E-state index is 15.4. The van der Waals surface area contributed by atoms with Crippen molar-refractivity contribution < 1.29 is 37.0 Å². The van der Waals surface area contributed by atoms with Gasteiger partial charge in [-0.1, -0.05) is 6.92 Å². The molecule has 1 N–H and O–H groups in total. The number of pyridine rings is 2. The van der Waals surface area contributed by atoms with E-state index in [-0.39, 0.29) is 23.1 Å². The average Bonchev–Trinajstić information content (AvgIpc) is 2.89. The van der Waals surface area contributed by atoms with Crippen LogP contribution in [0.25, 0.3) is 11.1 Å². The molecule has 0 atom stereocenters. The van der Waals surface area contributed by atoms with Gasteiger partial charge in [0.1, 0.15) is 5.56 Å². The Morgan fingerprint density at radius 3 is 2.17 bits per heavy atom. The first-order valence-electron chi connectivity index (χ1n) is 13.8. The van der Waals surface area contributed by atoms with Crippen molar-refractivity contribution in [3.05, 3.63) is 64.9 Å². The SMILES string of the molecule is Cc1cc(-c2cnc(Oc3cc(C(=O)O)c(N(C(=O)C4CCC(C)CC4)C(C)C)cc3F)c(C(F)(F)F)c2)cc(C)n1. The van der Waals surface area contributed by atoms with Crippen molar-refractivity contribution in [3.8, 4) is 22.8 Å². The summed E-state index contributed by atoms with van der Waals surface area (Å²) in [4.78, 5) is 35.1. The Kier molecular flexibility index (Phi) is 8.89. The Bertz CT molecular complexity index is 1480. The van der Waals surface area contributed by atoms with E-state index in [9.17, 15) is 27.9 Å². The van der Waals surface area contributed by atoms with Gasteiger partial charge in [-0.2, -0.15) is 13.2 Å². The summed E-state index contributed by atoms with van der Waals surface area (Å²) in [6, 6.07) is 5.17. The number of aromatic nitrogens is 2. The molecule has 2 aromatic heterocycles. The standard InChI is InChI=1S/C31H33F4N3O4/c1-16(2)38(29(39)20-8-6-17(3)7-9-20)26-14-25(32)27(13-23(26)30(40)41)42-28-24(31(33,34)35)12-22(15-36-28)21-10-18(4)37-19(5)11-21/h10-17,20H,6-9H2,1-5H3,(H,40,41). The van der Waals surface area contributed by atoms with Gasteiger partial charge >= 0.3 is 12.1 Å². The number of anilines is 1. The van der Waals surface area contributed by atoms with E-state index in [0.717, 1.165) is 37.2 Å². The van der Waals surface area contributed by atoms with Gasteiger partial charge in [-0.25, -0.2) is 14.2 Å². The Morgan fingerprint density at radius 1 is 1.00 bits per heavy atom. The molecule has 11 heteroatoms. The molecule has 7 nitrogen and oxygen atoms in total. The molecule has 0 aliphatic heterocycles. The lowest BCUT2D eigenvalue weighted by Crippen LogP contribution is -2.43. The summed E-state index contributed by atoms with van der Waals surface area (Å²) in [7, 11) is 0. The second-order valence-corrected chi connectivity index (χ2v) is 11.2. The number of rotatable bonds is 7. The predicted molar refractivity (Wildman–Crippen MR) is 149 cm³/mol. The van der Waals surface area contributed by atoms with Gasteiger partial charge in [0.05, 0.1) is 11.3 Å². The number of ether oxygens (including phenoxy) is 1. The van der Waals surface area contributed by atoms with Crippen molar-refractivity contribution in [2.75, 3.05) is 4.90 Å². The fourth-order valence-electron chi connectivity index (χ4n) is 5.35. The minimum Gasteiger partial charge on any atom is -0.478 e. The zero-order valence-electron chi connectivity index (χ0n) is 24.1. The molecule has 1 saturated carbocycles. The lowest BCUT2D eigenvalue weighted by Gasteiger charge is -2.34. The van der Waals surface area contributed by atoms with Gasteiger partial charge in [0.25, 0.3) is 0 Å². The second-order valence-electron chi connectivity index (χ2n) is 11.2. The number of amides is 1. The molecule has 42 heavy (non-hydrogen) atoms. The van der Waals surface area contributed by atoms with Crippen LogP contribution < -0.4 is 9.64 Å². The zero-order valence-corrected chi connectivity index (χ0v) is 24.1. The number of carboxylic acid groups (broad SMARTS) is 1. The number of nitrogens with zero attached hydrogens (tertiary/aromatic N) is 3. The van der Waals surface area contributed by atoms with Gasteiger partial charge in [0.15, 0.2) is 11.6 Å². The van der Waals surface area contributed by atoms with Crippen molar-refractivity contribution >= 4 is 17.6 Å². The van der Waals surface area contributed by atoms with Crippen molar-refractivity contribution in [1.82, 2.24) is 9.97 Å². The first-order chi connectivity index (χ1) is 19.6. The van der Waals surface area contributed by atoms with Crippen LogP contribution in [0, 0.1) is 31.5 Å². The Balaban J connectivity index is 1.74. The number of aromatic carboxylic acids is 1. The largest absolute Gasteiger partial charge is 0.478 e. The van der Waals surface area contributed by atoms with E-state index in [0.29, 0.717) is 35.7 Å². The van der Waals surface area contributed by atoms with Crippen LogP contribution in [0.5, 0.6) is 11.6 Å². The maximum absolute atomic E-state index is 15.4. The molecule has 1 aromatic carbocycles. The fraction of sp³-hybridized carbons (Fsp3) is 0.419. The summed E-state index contributed by atoms with van der Waals surface area (Å²) in [5, 5.41) is 9.98. The lowest BCUT2D eigenvalue weighted by molar-refractivity contribution is -0.138. The minimum absolute atomic E-state index is 0.147. The maximum Gasteiger partial charge on any atom is 0.421 e. The van der Waals surface area contributed by atoms with E-state index in [1.54, 1.807) is 39.8 Å². The Morgan fingerprint density at radius 2 is 1.62 bits per heavy atom. The summed E-state index contributed by atoms with van der Waals surface area (Å²) in [6.07, 6.45) is -0.787. The van der Waals surface area contributed by atoms with Crippen LogP contribution in [0.3, 0.4) is 0 Å². The number of carboxylic acids is 1. The summed E-state index contributed by atoms with van der Waals surface area (Å²) in [6.45, 7) is 8.89. The van der Waals surface area contributed by atoms with Crippen molar-refractivity contribution in [3.63, 3.8) is 0 Å². The number of halogens is 4. The van der Waals surface area contributed by atoms with Crippen LogP contribution in [0.15, 0.2) is 36.5 Å². The molecule has 1 fully saturated rings. The van der Waals surface area contributed by atoms with Crippen LogP contribution in [-0.2, 0) is 11.0 Å². The minimum atomic E-state index is -4.92. The Hall–Kier alpha value is -4.02. The van der Waals surface area contributed by atoms with Gasteiger partial charge in [-0.05, 0) is 83.1 Å². The molecular weight excluding hydrogens is 554 g/mol. The lowest BCUT2D eigenvalue weighted by atomic mass is 9.82. The molecule has 0 bridgehead atoms. The van der Waals surface area contributed by atoms with E-state index < -0.39 is 46.8 Å². The van der Waals surface area contributed by atoms with Crippen LogP contribution in [0.4, 0.5) is 23.2 Å². The van der Waals surface area contributed by atoms with E-state index in [2.05, 4.69) is 16.9 Å². The Labute approximate surface area is 241 Å². The second kappa shape index (κ2) is 12.1. The summed E-state index contributed by atoms with van der Waals surface area (Å²) >= 11 is 0. The van der Waals surface area contributed by atoms with Crippen molar-refractivity contribution in [1.29, 1.82) is 0 Å². The van der Waals surface area contributed by atoms with Gasteiger partial charge in [-0.15, -0.1) is 0 Å². The highest BCUT2D eigenvalue weighted by Gasteiger charge is 2.37. The van der Waals surface area contributed by atoms with Crippen molar-refractivity contribution in [2.24, 2.45) is 11.8 Å². The molecule has 1 aliphatic rings. The van der Waals surface area contributed by atoms with E-state index in [1.165, 1.54) is 4.90 Å². The van der Waals surface area contributed by atoms with Crippen LogP contribution in [0.2, 0.25) is 0 Å². The highest BCUT2D eigenvalue weighted by molar-refractivity contribution is 6.03. The van der Waals surface area contributed by atoms with Crippen LogP contribution >= 0.6 is 0 Å². The summed E-state index contributed by atoms with van der Waals surface area (Å²) in [5.74, 6) is -4.50. The highest BCUT2D eigenvalue weighted by Crippen LogP contribution is 2.41. The number of aryl methyl sites for hydroxylation is 2. The zero-order chi connectivity index (χ0) is 30.9. The molecular formula is C31H33F4N3O4. The van der Waals surface area contributed by atoms with Gasteiger partial charge in [0, 0.05) is 47.2 Å². The highest BCUT2D eigenvalue weighted by atomic mass is 19.4. The van der Waals surface area contributed by atoms with E-state index in [4.69, 9.17) is 4.74 Å². The third-order valence-corrected chi connectivity index (χ3v) is 7.44. The first-order valence-corrected chi connectivity index (χ1v) is 13.8. The first kappa shape index (κ1) is 30.9. The molecule has 1 aliphatic carbocycles. The number of carbonyl (C=O) groups is 2. The number of alkyl halides is 3. The molecule has 1 amide bonds. The molecule has 0 saturated heterocycles. The van der Waals surface area contributed by atoms with Crippen molar-refractivity contribution in [2.45, 2.75) is 72.5 Å². The van der Waals surface area contributed by atoms with Gasteiger partial charge < -0.3 is 14.7 Å². The smallest absolute Gasteiger partial charge is 0.421 e. The summed E-state index contributed by atoms with van der Waals surface area (Å²) < 4.78 is 63.0.